The predicted molar refractivity (Wildman–Crippen MR) is 84.8 cm³/mol. The maximum Gasteiger partial charge on any atom is 0.161 e. The van der Waals surface area contributed by atoms with Crippen LogP contribution in [0.1, 0.15) is 25.8 Å². The lowest BCUT2D eigenvalue weighted by Gasteiger charge is -2.19. The van der Waals surface area contributed by atoms with E-state index in [1.54, 1.807) is 0 Å². The topological polar surface area (TPSA) is 21.7 Å². The number of likely N-dealkylation sites (N-methyl/N-ethyl adjacent to an activating group) is 1. The fourth-order valence-corrected chi connectivity index (χ4v) is 2.11. The zero-order chi connectivity index (χ0) is 14.8. The van der Waals surface area contributed by atoms with Crippen molar-refractivity contribution in [3.63, 3.8) is 0 Å². The molecule has 0 spiro atoms. The van der Waals surface area contributed by atoms with E-state index in [0.29, 0.717) is 13.2 Å². The first kappa shape index (κ1) is 16.6. The summed E-state index contributed by atoms with van der Waals surface area (Å²) in [7, 11) is 2.12. The molecule has 2 rings (SSSR count). The molecule has 1 aromatic rings. The summed E-state index contributed by atoms with van der Waals surface area (Å²) in [6.07, 6.45) is 4.15. The number of hydrogen-bond acceptors (Lipinski definition) is 3. The van der Waals surface area contributed by atoms with Crippen LogP contribution in [-0.2, 0) is 6.42 Å². The van der Waals surface area contributed by atoms with Crippen LogP contribution in [0.3, 0.4) is 0 Å². The van der Waals surface area contributed by atoms with Gasteiger partial charge in [0.1, 0.15) is 13.2 Å². The number of ether oxygens (including phenoxy) is 2. The molecule has 0 saturated carbocycles. The summed E-state index contributed by atoms with van der Waals surface area (Å²) in [5.41, 5.74) is 1.31. The lowest BCUT2D eigenvalue weighted by atomic mass is 10.1. The van der Waals surface area contributed by atoms with Gasteiger partial charge < -0.3 is 14.4 Å². The Hall–Kier alpha value is -1.48. The maximum absolute atomic E-state index is 5.58. The van der Waals surface area contributed by atoms with Gasteiger partial charge in [-0.3, -0.25) is 0 Å². The predicted octanol–water partition coefficient (Wildman–Crippen LogP) is 3.53. The molecule has 3 heteroatoms. The molecule has 1 aromatic carbocycles. The summed E-state index contributed by atoms with van der Waals surface area (Å²) in [6.45, 7) is 11.1. The molecule has 1 aliphatic heterocycles. The number of aryl methyl sites for hydroxylation is 1. The van der Waals surface area contributed by atoms with Gasteiger partial charge in [0.05, 0.1) is 0 Å². The second-order valence-corrected chi connectivity index (χ2v) is 4.63. The molecule has 0 saturated heterocycles. The Bertz CT molecular complexity index is 404. The minimum absolute atomic E-state index is 0.651. The number of fused-ring (bicyclic) bond motifs is 1. The minimum atomic E-state index is 0.651. The van der Waals surface area contributed by atoms with Gasteiger partial charge in [-0.1, -0.05) is 26.0 Å². The Morgan fingerprint density at radius 2 is 1.90 bits per heavy atom. The molecule has 1 aliphatic rings. The van der Waals surface area contributed by atoms with E-state index < -0.39 is 0 Å². The lowest BCUT2D eigenvalue weighted by Crippen LogP contribution is -2.19. The van der Waals surface area contributed by atoms with E-state index in [1.165, 1.54) is 5.56 Å². The van der Waals surface area contributed by atoms with Crippen molar-refractivity contribution in [2.45, 2.75) is 26.7 Å². The molecular formula is C17H27NO2. The van der Waals surface area contributed by atoms with Crippen LogP contribution in [0.15, 0.2) is 30.9 Å². The van der Waals surface area contributed by atoms with Crippen molar-refractivity contribution in [3.05, 3.63) is 36.4 Å². The van der Waals surface area contributed by atoms with E-state index in [1.807, 2.05) is 26.0 Å². The van der Waals surface area contributed by atoms with E-state index >= 15 is 0 Å². The van der Waals surface area contributed by atoms with Gasteiger partial charge >= 0.3 is 0 Å². The van der Waals surface area contributed by atoms with Crippen LogP contribution >= 0.6 is 0 Å². The average Bonchev–Trinajstić information content (AvgIpc) is 2.49. The molecule has 0 aromatic heterocycles. The highest BCUT2D eigenvalue weighted by Gasteiger charge is 2.11. The molecule has 20 heavy (non-hydrogen) atoms. The van der Waals surface area contributed by atoms with Crippen LogP contribution in [0, 0.1) is 0 Å². The first-order valence-electron chi connectivity index (χ1n) is 7.47. The van der Waals surface area contributed by atoms with Gasteiger partial charge in [0.25, 0.3) is 0 Å². The molecule has 0 fully saturated rings. The van der Waals surface area contributed by atoms with Crippen LogP contribution < -0.4 is 9.47 Å². The third-order valence-electron chi connectivity index (χ3n) is 3.05. The summed E-state index contributed by atoms with van der Waals surface area (Å²) in [5, 5.41) is 0. The SMILES string of the molecule is C=CCN(C)CCCc1ccc2c(c1)OCCO2.CC. The fraction of sp³-hybridized carbons (Fsp3) is 0.529. The van der Waals surface area contributed by atoms with Gasteiger partial charge in [-0.05, 0) is 44.1 Å². The van der Waals surface area contributed by atoms with Crippen molar-refractivity contribution < 1.29 is 9.47 Å². The maximum atomic E-state index is 5.58. The number of rotatable bonds is 6. The summed E-state index contributed by atoms with van der Waals surface area (Å²) >= 11 is 0. The molecule has 0 amide bonds. The minimum Gasteiger partial charge on any atom is -0.486 e. The molecule has 3 nitrogen and oxygen atoms in total. The summed E-state index contributed by atoms with van der Waals surface area (Å²) in [6, 6.07) is 6.24. The second kappa shape index (κ2) is 9.43. The first-order valence-corrected chi connectivity index (χ1v) is 7.47. The summed E-state index contributed by atoms with van der Waals surface area (Å²) < 4.78 is 11.1. The molecule has 112 valence electrons. The Morgan fingerprint density at radius 1 is 1.20 bits per heavy atom. The summed E-state index contributed by atoms with van der Waals surface area (Å²) in [4.78, 5) is 2.27. The van der Waals surface area contributed by atoms with E-state index in [9.17, 15) is 0 Å². The van der Waals surface area contributed by atoms with Crippen molar-refractivity contribution in [2.75, 3.05) is 33.4 Å². The standard InChI is InChI=1S/C15H21NO2.C2H6/c1-3-8-16(2)9-4-5-13-6-7-14-15(12-13)18-11-10-17-14;1-2/h3,6-7,12H,1,4-5,8-11H2,2H3;1-2H3. The highest BCUT2D eigenvalue weighted by atomic mass is 16.6. The van der Waals surface area contributed by atoms with E-state index in [2.05, 4.69) is 30.7 Å². The number of benzene rings is 1. The molecule has 0 bridgehead atoms. The Labute approximate surface area is 123 Å². The highest BCUT2D eigenvalue weighted by molar-refractivity contribution is 5.43. The smallest absolute Gasteiger partial charge is 0.161 e. The highest BCUT2D eigenvalue weighted by Crippen LogP contribution is 2.30. The summed E-state index contributed by atoms with van der Waals surface area (Å²) in [5.74, 6) is 1.76. The van der Waals surface area contributed by atoms with Crippen LogP contribution in [0.2, 0.25) is 0 Å². The van der Waals surface area contributed by atoms with Gasteiger partial charge in [0.15, 0.2) is 11.5 Å². The molecule has 0 aliphatic carbocycles. The molecule has 0 N–H and O–H groups in total. The molecule has 1 heterocycles. The van der Waals surface area contributed by atoms with Crippen molar-refractivity contribution in [3.8, 4) is 11.5 Å². The van der Waals surface area contributed by atoms with E-state index in [0.717, 1.165) is 37.4 Å². The van der Waals surface area contributed by atoms with Crippen LogP contribution in [0.25, 0.3) is 0 Å². The first-order chi connectivity index (χ1) is 9.79. The van der Waals surface area contributed by atoms with Crippen molar-refractivity contribution >= 4 is 0 Å². The Balaban J connectivity index is 0.000000956. The van der Waals surface area contributed by atoms with Gasteiger partial charge in [-0.15, -0.1) is 6.58 Å². The number of hydrogen-bond donors (Lipinski definition) is 0. The zero-order valence-corrected chi connectivity index (χ0v) is 13.0. The van der Waals surface area contributed by atoms with Crippen molar-refractivity contribution in [1.29, 1.82) is 0 Å². The van der Waals surface area contributed by atoms with Crippen LogP contribution in [-0.4, -0.2) is 38.3 Å². The number of nitrogens with zero attached hydrogens (tertiary/aromatic N) is 1. The van der Waals surface area contributed by atoms with Gasteiger partial charge in [0, 0.05) is 6.54 Å². The van der Waals surface area contributed by atoms with Crippen LogP contribution in [0.4, 0.5) is 0 Å². The largest absolute Gasteiger partial charge is 0.486 e. The zero-order valence-electron chi connectivity index (χ0n) is 13.0. The molecule has 0 unspecified atom stereocenters. The average molecular weight is 277 g/mol. The molecular weight excluding hydrogens is 250 g/mol. The van der Waals surface area contributed by atoms with E-state index in [4.69, 9.17) is 9.47 Å². The quantitative estimate of drug-likeness (QED) is 0.742. The van der Waals surface area contributed by atoms with Gasteiger partial charge in [-0.25, -0.2) is 0 Å². The molecule has 0 radical (unpaired) electrons. The Morgan fingerprint density at radius 3 is 2.60 bits per heavy atom. The monoisotopic (exact) mass is 277 g/mol. The van der Waals surface area contributed by atoms with Gasteiger partial charge in [0.2, 0.25) is 0 Å². The molecule has 0 atom stereocenters. The normalized spacial score (nSPS) is 12.6. The fourth-order valence-electron chi connectivity index (χ4n) is 2.11. The second-order valence-electron chi connectivity index (χ2n) is 4.63. The third kappa shape index (κ3) is 5.25. The lowest BCUT2D eigenvalue weighted by molar-refractivity contribution is 0.171. The third-order valence-corrected chi connectivity index (χ3v) is 3.05. The van der Waals surface area contributed by atoms with Gasteiger partial charge in [-0.2, -0.15) is 0 Å². The van der Waals surface area contributed by atoms with Crippen molar-refractivity contribution in [2.24, 2.45) is 0 Å². The van der Waals surface area contributed by atoms with Crippen molar-refractivity contribution in [1.82, 2.24) is 4.90 Å². The Kier molecular flexibility index (Phi) is 7.81. The van der Waals surface area contributed by atoms with E-state index in [-0.39, 0.29) is 0 Å². The van der Waals surface area contributed by atoms with Crippen LogP contribution in [0.5, 0.6) is 11.5 Å².